The molecule has 2 heterocycles. The molecular formula is C25H20N4O4. The molecule has 0 radical (unpaired) electrons. The fraction of sp³-hybridized carbons (Fsp3) is 0.120. The van der Waals surface area contributed by atoms with Gasteiger partial charge in [0.15, 0.2) is 0 Å². The Morgan fingerprint density at radius 2 is 1.70 bits per heavy atom. The molecule has 1 N–H and O–H groups in total. The molecule has 0 spiro atoms. The zero-order chi connectivity index (χ0) is 22.9. The summed E-state index contributed by atoms with van der Waals surface area (Å²) in [7, 11) is 1.58. The first-order valence-electron chi connectivity index (χ1n) is 10.3. The average molecular weight is 440 g/mol. The Morgan fingerprint density at radius 1 is 0.970 bits per heavy atom. The highest BCUT2D eigenvalue weighted by molar-refractivity contribution is 5.82. The number of aryl methyl sites for hydroxylation is 1. The van der Waals surface area contributed by atoms with Crippen molar-refractivity contribution in [3.63, 3.8) is 0 Å². The van der Waals surface area contributed by atoms with Gasteiger partial charge < -0.3 is 14.2 Å². The van der Waals surface area contributed by atoms with Crippen LogP contribution in [-0.4, -0.2) is 26.8 Å². The molecule has 0 unspecified atom stereocenters. The summed E-state index contributed by atoms with van der Waals surface area (Å²) in [5, 5.41) is 4.44. The molecule has 0 saturated heterocycles. The van der Waals surface area contributed by atoms with Crippen LogP contribution in [0.25, 0.3) is 33.7 Å². The van der Waals surface area contributed by atoms with Crippen molar-refractivity contribution < 1.29 is 9.26 Å². The van der Waals surface area contributed by atoms with Gasteiger partial charge in [0.2, 0.25) is 5.82 Å². The van der Waals surface area contributed by atoms with E-state index in [1.807, 2.05) is 43.3 Å². The summed E-state index contributed by atoms with van der Waals surface area (Å²) >= 11 is 0. The molecule has 33 heavy (non-hydrogen) atoms. The van der Waals surface area contributed by atoms with E-state index in [-0.39, 0.29) is 12.1 Å². The van der Waals surface area contributed by atoms with Gasteiger partial charge >= 0.3 is 5.69 Å². The zero-order valence-corrected chi connectivity index (χ0v) is 18.0. The summed E-state index contributed by atoms with van der Waals surface area (Å²) in [6.45, 7) is 2.16. The number of H-pyrrole nitrogens is 1. The molecular weight excluding hydrogens is 420 g/mol. The number of rotatable bonds is 5. The Morgan fingerprint density at radius 3 is 2.42 bits per heavy atom. The number of benzene rings is 3. The summed E-state index contributed by atoms with van der Waals surface area (Å²) in [4.78, 5) is 32.9. The third-order valence-electron chi connectivity index (χ3n) is 5.46. The SMILES string of the molecule is COc1ccc(Cn2c(=O)[nH]c3cc(-c4nc(-c5ccc(C)cc5)no4)ccc3c2=O)cc1. The maximum absolute atomic E-state index is 13.0. The minimum atomic E-state index is -0.494. The molecule has 0 aliphatic heterocycles. The Hall–Kier alpha value is -4.46. The van der Waals surface area contributed by atoms with Crippen LogP contribution in [0.4, 0.5) is 0 Å². The van der Waals surface area contributed by atoms with E-state index >= 15 is 0 Å². The summed E-state index contributed by atoms with van der Waals surface area (Å²) in [5.74, 6) is 1.47. The zero-order valence-electron chi connectivity index (χ0n) is 18.0. The Kier molecular flexibility index (Phi) is 5.10. The van der Waals surface area contributed by atoms with Gasteiger partial charge in [-0.15, -0.1) is 0 Å². The number of nitrogens with one attached hydrogen (secondary N) is 1. The molecule has 5 rings (SSSR count). The molecule has 8 nitrogen and oxygen atoms in total. The van der Waals surface area contributed by atoms with Crippen LogP contribution in [0.15, 0.2) is 80.8 Å². The van der Waals surface area contributed by atoms with E-state index in [0.29, 0.717) is 33.9 Å². The van der Waals surface area contributed by atoms with Crippen molar-refractivity contribution in [1.82, 2.24) is 19.7 Å². The number of aromatic amines is 1. The second kappa shape index (κ2) is 8.23. The molecule has 0 bridgehead atoms. The summed E-state index contributed by atoms with van der Waals surface area (Å²) < 4.78 is 11.7. The van der Waals surface area contributed by atoms with Crippen molar-refractivity contribution in [3.8, 4) is 28.6 Å². The second-order valence-electron chi connectivity index (χ2n) is 7.72. The van der Waals surface area contributed by atoms with Crippen LogP contribution in [0, 0.1) is 6.92 Å². The van der Waals surface area contributed by atoms with Gasteiger partial charge in [-0.1, -0.05) is 47.1 Å². The van der Waals surface area contributed by atoms with Gasteiger partial charge in [-0.25, -0.2) is 4.79 Å². The molecule has 0 aliphatic rings. The summed E-state index contributed by atoms with van der Waals surface area (Å²) in [5.41, 5.74) is 2.94. The summed E-state index contributed by atoms with van der Waals surface area (Å²) in [6.07, 6.45) is 0. The van der Waals surface area contributed by atoms with Crippen LogP contribution in [0.5, 0.6) is 5.75 Å². The molecule has 5 aromatic rings. The predicted molar refractivity (Wildman–Crippen MR) is 124 cm³/mol. The number of nitrogens with zero attached hydrogens (tertiary/aromatic N) is 3. The average Bonchev–Trinajstić information content (AvgIpc) is 3.32. The highest BCUT2D eigenvalue weighted by Gasteiger charge is 2.14. The van der Waals surface area contributed by atoms with E-state index in [4.69, 9.17) is 9.26 Å². The summed E-state index contributed by atoms with van der Waals surface area (Å²) in [6, 6.07) is 20.1. The topological polar surface area (TPSA) is 103 Å². The smallest absolute Gasteiger partial charge is 0.329 e. The normalized spacial score (nSPS) is 11.1. The number of hydrogen-bond acceptors (Lipinski definition) is 6. The van der Waals surface area contributed by atoms with Gasteiger partial charge in [-0.2, -0.15) is 4.98 Å². The number of methoxy groups -OCH3 is 1. The largest absolute Gasteiger partial charge is 0.497 e. The van der Waals surface area contributed by atoms with Crippen molar-refractivity contribution in [2.24, 2.45) is 0 Å². The van der Waals surface area contributed by atoms with Crippen LogP contribution < -0.4 is 16.0 Å². The molecule has 3 aromatic carbocycles. The van der Waals surface area contributed by atoms with Gasteiger partial charge in [0.05, 0.1) is 24.6 Å². The first-order valence-corrected chi connectivity index (χ1v) is 10.3. The van der Waals surface area contributed by atoms with E-state index in [2.05, 4.69) is 15.1 Å². The monoisotopic (exact) mass is 440 g/mol. The first-order chi connectivity index (χ1) is 16.0. The highest BCUT2D eigenvalue weighted by atomic mass is 16.5. The van der Waals surface area contributed by atoms with Gasteiger partial charge in [0.1, 0.15) is 5.75 Å². The van der Waals surface area contributed by atoms with E-state index < -0.39 is 5.69 Å². The third-order valence-corrected chi connectivity index (χ3v) is 5.46. The lowest BCUT2D eigenvalue weighted by atomic mass is 10.1. The maximum Gasteiger partial charge on any atom is 0.329 e. The van der Waals surface area contributed by atoms with Crippen molar-refractivity contribution in [2.45, 2.75) is 13.5 Å². The first kappa shape index (κ1) is 20.4. The standard InChI is InChI=1S/C25H20N4O4/c1-15-3-7-17(8-4-15)22-27-23(33-28-22)18-9-12-20-21(13-18)26-25(31)29(24(20)30)14-16-5-10-19(32-2)11-6-16/h3-13H,14H2,1-2H3,(H,26,31). The fourth-order valence-electron chi connectivity index (χ4n) is 3.61. The Bertz CT molecular complexity index is 1560. The lowest BCUT2D eigenvalue weighted by Crippen LogP contribution is -2.35. The lowest BCUT2D eigenvalue weighted by molar-refractivity contribution is 0.414. The Balaban J connectivity index is 1.49. The van der Waals surface area contributed by atoms with E-state index in [1.165, 1.54) is 4.57 Å². The van der Waals surface area contributed by atoms with Gasteiger partial charge in [-0.05, 0) is 42.8 Å². The highest BCUT2D eigenvalue weighted by Crippen LogP contribution is 2.24. The second-order valence-corrected chi connectivity index (χ2v) is 7.72. The number of ether oxygens (including phenoxy) is 1. The van der Waals surface area contributed by atoms with Crippen molar-refractivity contribution in [2.75, 3.05) is 7.11 Å². The van der Waals surface area contributed by atoms with Crippen molar-refractivity contribution >= 4 is 10.9 Å². The minimum absolute atomic E-state index is 0.152. The predicted octanol–water partition coefficient (Wildman–Crippen LogP) is 3.77. The van der Waals surface area contributed by atoms with Crippen LogP contribution in [0.3, 0.4) is 0 Å². The number of fused-ring (bicyclic) bond motifs is 1. The van der Waals surface area contributed by atoms with E-state index in [1.54, 1.807) is 37.4 Å². The van der Waals surface area contributed by atoms with Crippen LogP contribution >= 0.6 is 0 Å². The van der Waals surface area contributed by atoms with Crippen LogP contribution in [0.1, 0.15) is 11.1 Å². The molecule has 0 fully saturated rings. The maximum atomic E-state index is 13.0. The fourth-order valence-corrected chi connectivity index (χ4v) is 3.61. The number of hydrogen-bond donors (Lipinski definition) is 1. The van der Waals surface area contributed by atoms with Crippen molar-refractivity contribution in [1.29, 1.82) is 0 Å². The van der Waals surface area contributed by atoms with Crippen LogP contribution in [-0.2, 0) is 6.54 Å². The lowest BCUT2D eigenvalue weighted by Gasteiger charge is -2.08. The minimum Gasteiger partial charge on any atom is -0.497 e. The van der Waals surface area contributed by atoms with E-state index in [9.17, 15) is 9.59 Å². The third kappa shape index (κ3) is 3.94. The molecule has 0 atom stereocenters. The van der Waals surface area contributed by atoms with Crippen molar-refractivity contribution in [3.05, 3.63) is 98.7 Å². The van der Waals surface area contributed by atoms with Gasteiger partial charge in [0, 0.05) is 11.1 Å². The molecule has 0 saturated carbocycles. The molecule has 0 amide bonds. The molecule has 0 aliphatic carbocycles. The quantitative estimate of drug-likeness (QED) is 0.446. The molecule has 8 heteroatoms. The number of aromatic nitrogens is 4. The van der Waals surface area contributed by atoms with Gasteiger partial charge in [0.25, 0.3) is 11.4 Å². The molecule has 164 valence electrons. The van der Waals surface area contributed by atoms with E-state index in [0.717, 1.165) is 16.7 Å². The molecule has 2 aromatic heterocycles. The Labute approximate surface area is 188 Å². The van der Waals surface area contributed by atoms with Gasteiger partial charge in [-0.3, -0.25) is 9.36 Å². The van der Waals surface area contributed by atoms with Crippen LogP contribution in [0.2, 0.25) is 0 Å².